The molecule has 3 heterocycles. The van der Waals surface area contributed by atoms with Crippen molar-refractivity contribution >= 4 is 29.2 Å². The van der Waals surface area contributed by atoms with Crippen LogP contribution in [0.4, 0.5) is 24.5 Å². The average Bonchev–Trinajstić information content (AvgIpc) is 3.55. The molecule has 2 N–H and O–H groups in total. The molecular weight excluding hydrogens is 477 g/mol. The fourth-order valence-corrected chi connectivity index (χ4v) is 5.36. The average molecular weight is 513 g/mol. The normalized spacial score (nSPS) is 24.4. The van der Waals surface area contributed by atoms with Crippen molar-refractivity contribution in [1.29, 1.82) is 0 Å². The summed E-state index contributed by atoms with van der Waals surface area (Å²) >= 11 is 0. The number of likely N-dealkylation sites (tertiary alicyclic amines) is 2. The summed E-state index contributed by atoms with van der Waals surface area (Å²) in [6.07, 6.45) is 0.428. The van der Waals surface area contributed by atoms with Gasteiger partial charge in [-0.25, -0.2) is 4.79 Å². The zero-order valence-electron chi connectivity index (χ0n) is 21.0. The zero-order valence-corrected chi connectivity index (χ0v) is 21.0. The second-order valence-electron chi connectivity index (χ2n) is 9.78. The molecule has 3 aliphatic heterocycles. The van der Waals surface area contributed by atoms with Crippen LogP contribution in [-0.4, -0.2) is 83.2 Å². The molecule has 3 unspecified atom stereocenters. The van der Waals surface area contributed by atoms with Crippen LogP contribution >= 0.6 is 0 Å². The summed E-state index contributed by atoms with van der Waals surface area (Å²) < 4.78 is 31.7. The number of halogens is 3. The highest BCUT2D eigenvalue weighted by atomic mass is 19.4. The van der Waals surface area contributed by atoms with E-state index < -0.39 is 12.1 Å². The van der Waals surface area contributed by atoms with Gasteiger partial charge in [-0.05, 0) is 76.3 Å². The van der Waals surface area contributed by atoms with Gasteiger partial charge in [-0.2, -0.15) is 13.2 Å². The van der Waals surface area contributed by atoms with Gasteiger partial charge in [0.05, 0.1) is 0 Å². The summed E-state index contributed by atoms with van der Waals surface area (Å²) in [5.41, 5.74) is 3.15. The third kappa shape index (κ3) is 6.68. The highest BCUT2D eigenvalue weighted by Gasteiger charge is 2.38. The number of carboxylic acid groups (broad SMARTS) is 1. The Morgan fingerprint density at radius 2 is 1.72 bits per heavy atom. The van der Waals surface area contributed by atoms with Crippen LogP contribution in [0.1, 0.15) is 51.5 Å². The molecule has 36 heavy (non-hydrogen) atoms. The van der Waals surface area contributed by atoms with Crippen LogP contribution in [0.3, 0.4) is 0 Å². The summed E-state index contributed by atoms with van der Waals surface area (Å²) in [5, 5.41) is 10.2. The van der Waals surface area contributed by atoms with E-state index in [0.29, 0.717) is 18.6 Å². The molecule has 3 fully saturated rings. The lowest BCUT2D eigenvalue weighted by Crippen LogP contribution is -2.42. The minimum absolute atomic E-state index is 0.0226. The van der Waals surface area contributed by atoms with Gasteiger partial charge in [0.15, 0.2) is 0 Å². The van der Waals surface area contributed by atoms with Crippen molar-refractivity contribution in [3.63, 3.8) is 0 Å². The van der Waals surface area contributed by atoms with Gasteiger partial charge in [0.2, 0.25) is 11.8 Å². The smallest absolute Gasteiger partial charge is 0.475 e. The highest BCUT2D eigenvalue weighted by molar-refractivity contribution is 5.98. The van der Waals surface area contributed by atoms with Crippen molar-refractivity contribution < 1.29 is 32.7 Å². The molecule has 0 saturated carbocycles. The Hall–Kier alpha value is -2.82. The van der Waals surface area contributed by atoms with Gasteiger partial charge in [0, 0.05) is 50.0 Å². The lowest BCUT2D eigenvalue weighted by atomic mass is 10.1. The van der Waals surface area contributed by atoms with E-state index in [1.54, 1.807) is 4.90 Å². The summed E-state index contributed by atoms with van der Waals surface area (Å²) in [5.74, 6) is -2.85. The summed E-state index contributed by atoms with van der Waals surface area (Å²) in [6, 6.07) is 7.35. The van der Waals surface area contributed by atoms with Crippen LogP contribution in [-0.2, 0) is 14.4 Å². The second-order valence-corrected chi connectivity index (χ2v) is 9.78. The van der Waals surface area contributed by atoms with Crippen molar-refractivity contribution in [2.24, 2.45) is 0 Å². The molecule has 4 rings (SSSR count). The van der Waals surface area contributed by atoms with Gasteiger partial charge >= 0.3 is 12.1 Å². The fraction of sp³-hybridized carbons (Fsp3) is 0.640. The third-order valence-electron chi connectivity index (χ3n) is 7.27. The number of alkyl halides is 3. The molecule has 0 aromatic heterocycles. The van der Waals surface area contributed by atoms with E-state index in [-0.39, 0.29) is 17.9 Å². The van der Waals surface area contributed by atoms with Crippen molar-refractivity contribution in [1.82, 2.24) is 9.80 Å². The Morgan fingerprint density at radius 3 is 2.28 bits per heavy atom. The monoisotopic (exact) mass is 512 g/mol. The van der Waals surface area contributed by atoms with Gasteiger partial charge in [-0.15, -0.1) is 0 Å². The number of hydrogen-bond acceptors (Lipinski definition) is 5. The van der Waals surface area contributed by atoms with E-state index in [1.165, 1.54) is 38.4 Å². The standard InChI is InChI=1S/C23H34N4O2.C2HF3O2/c1-16-14-19(25-13-10-20(15-25)26-11-4-6-17(26)2)8-9-21(16)24-23(29)22-7-5-12-27(22)18(3)28;3-2(4,5)1(6)7/h8-9,14,17,20,22H,4-7,10-13,15H2,1-3H3,(H,24,29);(H,6,7). The zero-order chi connectivity index (χ0) is 26.6. The molecule has 3 aliphatic rings. The van der Waals surface area contributed by atoms with Crippen LogP contribution < -0.4 is 10.2 Å². The molecule has 2 amide bonds. The van der Waals surface area contributed by atoms with Gasteiger partial charge in [0.25, 0.3) is 0 Å². The number of hydrogen-bond donors (Lipinski definition) is 2. The van der Waals surface area contributed by atoms with Crippen molar-refractivity contribution in [2.75, 3.05) is 36.4 Å². The molecule has 0 radical (unpaired) electrons. The summed E-state index contributed by atoms with van der Waals surface area (Å²) in [4.78, 5) is 40.2. The maximum atomic E-state index is 12.7. The molecule has 3 atom stereocenters. The Labute approximate surface area is 209 Å². The largest absolute Gasteiger partial charge is 0.490 e. The molecule has 1 aromatic carbocycles. The maximum absolute atomic E-state index is 12.7. The second kappa shape index (κ2) is 11.5. The van der Waals surface area contributed by atoms with Crippen LogP contribution in [0.25, 0.3) is 0 Å². The number of anilines is 2. The molecule has 200 valence electrons. The number of aliphatic carboxylic acids is 1. The van der Waals surface area contributed by atoms with Crippen molar-refractivity contribution in [3.05, 3.63) is 23.8 Å². The number of nitrogens with one attached hydrogen (secondary N) is 1. The topological polar surface area (TPSA) is 93.2 Å². The van der Waals surface area contributed by atoms with E-state index in [9.17, 15) is 22.8 Å². The van der Waals surface area contributed by atoms with Crippen LogP contribution in [0.15, 0.2) is 18.2 Å². The SMILES string of the molecule is CC(=O)N1CCCC1C(=O)Nc1ccc(N2CCC(N3CCCC3C)C2)cc1C.O=C(O)C(F)(F)F. The van der Waals surface area contributed by atoms with E-state index in [1.807, 2.05) is 13.0 Å². The first-order chi connectivity index (χ1) is 16.9. The van der Waals surface area contributed by atoms with Crippen LogP contribution in [0.5, 0.6) is 0 Å². The lowest BCUT2D eigenvalue weighted by molar-refractivity contribution is -0.192. The molecule has 0 aliphatic carbocycles. The number of rotatable bonds is 4. The molecule has 3 saturated heterocycles. The summed E-state index contributed by atoms with van der Waals surface area (Å²) in [7, 11) is 0. The van der Waals surface area contributed by atoms with E-state index in [4.69, 9.17) is 9.90 Å². The first-order valence-corrected chi connectivity index (χ1v) is 12.4. The molecule has 0 spiro atoms. The number of amides is 2. The molecule has 11 heteroatoms. The number of carbonyl (C=O) groups is 3. The van der Waals surface area contributed by atoms with Crippen molar-refractivity contribution in [2.45, 2.75) is 77.2 Å². The van der Waals surface area contributed by atoms with Gasteiger partial charge in [0.1, 0.15) is 6.04 Å². The Kier molecular flexibility index (Phi) is 8.86. The van der Waals surface area contributed by atoms with Gasteiger partial charge < -0.3 is 20.2 Å². The maximum Gasteiger partial charge on any atom is 0.490 e. The van der Waals surface area contributed by atoms with Crippen LogP contribution in [0.2, 0.25) is 0 Å². The first-order valence-electron chi connectivity index (χ1n) is 12.4. The number of carbonyl (C=O) groups excluding carboxylic acids is 2. The highest BCUT2D eigenvalue weighted by Crippen LogP contribution is 2.30. The molecule has 1 aromatic rings. The quantitative estimate of drug-likeness (QED) is 0.640. The fourth-order valence-electron chi connectivity index (χ4n) is 5.36. The number of benzene rings is 1. The van der Waals surface area contributed by atoms with Gasteiger partial charge in [-0.3, -0.25) is 14.5 Å². The van der Waals surface area contributed by atoms with Gasteiger partial charge in [-0.1, -0.05) is 0 Å². The minimum Gasteiger partial charge on any atom is -0.475 e. The van der Waals surface area contributed by atoms with Crippen molar-refractivity contribution in [3.8, 4) is 0 Å². The minimum atomic E-state index is -5.08. The Bertz CT molecular complexity index is 971. The lowest BCUT2D eigenvalue weighted by Gasteiger charge is -2.29. The van der Waals surface area contributed by atoms with Crippen LogP contribution in [0, 0.1) is 6.92 Å². The molecule has 0 bridgehead atoms. The number of aryl methyl sites for hydroxylation is 1. The van der Waals surface area contributed by atoms with E-state index in [0.717, 1.165) is 37.2 Å². The Balaban J connectivity index is 0.000000454. The first kappa shape index (κ1) is 27.8. The number of carboxylic acids is 1. The van der Waals surface area contributed by atoms with E-state index in [2.05, 4.69) is 34.2 Å². The predicted molar refractivity (Wildman–Crippen MR) is 130 cm³/mol. The van der Waals surface area contributed by atoms with E-state index >= 15 is 0 Å². The predicted octanol–water partition coefficient (Wildman–Crippen LogP) is 3.64. The Morgan fingerprint density at radius 1 is 1.06 bits per heavy atom. The number of nitrogens with zero attached hydrogens (tertiary/aromatic N) is 3. The summed E-state index contributed by atoms with van der Waals surface area (Å²) in [6.45, 7) is 10.0. The third-order valence-corrected chi connectivity index (χ3v) is 7.27. The molecule has 8 nitrogen and oxygen atoms in total. The molecular formula is C25H35F3N4O4.